The summed E-state index contributed by atoms with van der Waals surface area (Å²) >= 11 is 0. The van der Waals surface area contributed by atoms with Crippen LogP contribution in [0.2, 0.25) is 0 Å². The molecule has 1 N–H and O–H groups in total. The fourth-order valence-corrected chi connectivity index (χ4v) is 3.96. The zero-order valence-corrected chi connectivity index (χ0v) is 17.3. The van der Waals surface area contributed by atoms with Crippen molar-refractivity contribution in [3.05, 3.63) is 27.4 Å². The van der Waals surface area contributed by atoms with Crippen LogP contribution in [0.5, 0.6) is 0 Å². The van der Waals surface area contributed by atoms with Crippen molar-refractivity contribution in [1.82, 2.24) is 24.7 Å². The molecule has 0 bridgehead atoms. The number of hydrogen-bond donors (Lipinski definition) is 1. The molecule has 2 amide bonds. The van der Waals surface area contributed by atoms with Crippen LogP contribution in [-0.4, -0.2) is 70.2 Å². The van der Waals surface area contributed by atoms with E-state index in [9.17, 15) is 14.4 Å². The van der Waals surface area contributed by atoms with Gasteiger partial charge in [0.25, 0.3) is 5.56 Å². The highest BCUT2D eigenvalue weighted by Crippen LogP contribution is 2.31. The highest BCUT2D eigenvalue weighted by Gasteiger charge is 2.34. The summed E-state index contributed by atoms with van der Waals surface area (Å²) < 4.78 is 0. The number of likely N-dealkylation sites (N-methyl/N-ethyl adjacent to an activating group) is 1. The number of rotatable bonds is 5. The van der Waals surface area contributed by atoms with E-state index in [0.717, 1.165) is 25.0 Å². The fraction of sp³-hybridized carbons (Fsp3) is 0.700. The lowest BCUT2D eigenvalue weighted by Gasteiger charge is -2.30. The monoisotopic (exact) mass is 389 g/mol. The second kappa shape index (κ2) is 8.43. The number of likely N-dealkylation sites (tertiary alicyclic amines) is 1. The van der Waals surface area contributed by atoms with E-state index in [1.807, 2.05) is 37.7 Å². The molecule has 0 spiro atoms. The molecular formula is C20H31N5O3. The number of aromatic nitrogens is 2. The predicted octanol–water partition coefficient (Wildman–Crippen LogP) is 0.926. The molecule has 3 rings (SSSR count). The number of aromatic amines is 1. The lowest BCUT2D eigenvalue weighted by atomic mass is 10.0. The number of H-pyrrole nitrogens is 1. The SMILES string of the molecule is CC[C@@H](C)C(=O)N1CCC[C@@H]1c1nc2c(c(=O)[nH]1)CN(C(=O)CN(C)C)CC2. The standard InChI is InChI=1S/C20H31N5O3/c1-5-13(2)20(28)25-9-6-7-16(25)18-21-15-8-10-24(17(26)12-23(3)4)11-14(15)19(27)22-18/h13,16H,5-12H2,1-4H3,(H,21,22,27)/t13-,16-/m1/s1. The lowest BCUT2D eigenvalue weighted by Crippen LogP contribution is -2.43. The van der Waals surface area contributed by atoms with Gasteiger partial charge in [0.1, 0.15) is 5.82 Å². The van der Waals surface area contributed by atoms with Gasteiger partial charge < -0.3 is 19.7 Å². The Morgan fingerprint density at radius 2 is 2.07 bits per heavy atom. The maximum atomic E-state index is 12.8. The van der Waals surface area contributed by atoms with Gasteiger partial charge in [0.15, 0.2) is 0 Å². The molecule has 0 radical (unpaired) electrons. The van der Waals surface area contributed by atoms with Gasteiger partial charge in [-0.05, 0) is 33.4 Å². The Kier molecular flexibility index (Phi) is 6.17. The van der Waals surface area contributed by atoms with Crippen molar-refractivity contribution in [3.63, 3.8) is 0 Å². The second-order valence-electron chi connectivity index (χ2n) is 8.18. The Labute approximate surface area is 165 Å². The van der Waals surface area contributed by atoms with Gasteiger partial charge >= 0.3 is 0 Å². The number of fused-ring (bicyclic) bond motifs is 1. The van der Waals surface area contributed by atoms with E-state index in [0.29, 0.717) is 44.0 Å². The number of carbonyl (C=O) groups excluding carboxylic acids is 2. The van der Waals surface area contributed by atoms with Gasteiger partial charge in [-0.2, -0.15) is 0 Å². The van der Waals surface area contributed by atoms with Gasteiger partial charge in [-0.15, -0.1) is 0 Å². The Balaban J connectivity index is 1.82. The predicted molar refractivity (Wildman–Crippen MR) is 106 cm³/mol. The number of amides is 2. The van der Waals surface area contributed by atoms with Crippen molar-refractivity contribution in [1.29, 1.82) is 0 Å². The van der Waals surface area contributed by atoms with Gasteiger partial charge in [0, 0.05) is 25.4 Å². The van der Waals surface area contributed by atoms with Gasteiger partial charge in [0.2, 0.25) is 11.8 Å². The zero-order chi connectivity index (χ0) is 20.4. The van der Waals surface area contributed by atoms with Crippen LogP contribution in [0.3, 0.4) is 0 Å². The summed E-state index contributed by atoms with van der Waals surface area (Å²) in [7, 11) is 3.70. The molecule has 1 saturated heterocycles. The maximum Gasteiger partial charge on any atom is 0.256 e. The molecule has 2 atom stereocenters. The molecule has 1 aromatic rings. The van der Waals surface area contributed by atoms with Gasteiger partial charge in [0.05, 0.1) is 30.4 Å². The third kappa shape index (κ3) is 4.11. The molecule has 154 valence electrons. The number of hydrogen-bond acceptors (Lipinski definition) is 5. The molecule has 0 unspecified atom stereocenters. The highest BCUT2D eigenvalue weighted by atomic mass is 16.2. The molecule has 28 heavy (non-hydrogen) atoms. The van der Waals surface area contributed by atoms with E-state index in [-0.39, 0.29) is 29.3 Å². The van der Waals surface area contributed by atoms with E-state index in [4.69, 9.17) is 4.98 Å². The van der Waals surface area contributed by atoms with E-state index >= 15 is 0 Å². The number of nitrogens with zero attached hydrogens (tertiary/aromatic N) is 4. The number of nitrogens with one attached hydrogen (secondary N) is 1. The van der Waals surface area contributed by atoms with E-state index < -0.39 is 0 Å². The van der Waals surface area contributed by atoms with E-state index in [1.165, 1.54) is 0 Å². The van der Waals surface area contributed by atoms with Crippen LogP contribution < -0.4 is 5.56 Å². The molecule has 1 fully saturated rings. The van der Waals surface area contributed by atoms with Crippen LogP contribution in [0.1, 0.15) is 56.2 Å². The van der Waals surface area contributed by atoms with Crippen LogP contribution in [0.4, 0.5) is 0 Å². The highest BCUT2D eigenvalue weighted by molar-refractivity contribution is 5.79. The summed E-state index contributed by atoms with van der Waals surface area (Å²) in [6, 6.07) is -0.159. The smallest absolute Gasteiger partial charge is 0.256 e. The quantitative estimate of drug-likeness (QED) is 0.809. The summed E-state index contributed by atoms with van der Waals surface area (Å²) in [4.78, 5) is 50.8. The van der Waals surface area contributed by atoms with E-state index in [1.54, 1.807) is 4.90 Å². The average molecular weight is 390 g/mol. The minimum Gasteiger partial charge on any atom is -0.337 e. The molecular weight excluding hydrogens is 358 g/mol. The normalized spacial score (nSPS) is 20.4. The molecule has 0 aliphatic carbocycles. The van der Waals surface area contributed by atoms with Crippen molar-refractivity contribution in [3.8, 4) is 0 Å². The summed E-state index contributed by atoms with van der Waals surface area (Å²) in [5.41, 5.74) is 1.14. The molecule has 1 aromatic heterocycles. The van der Waals surface area contributed by atoms with Gasteiger partial charge in [-0.25, -0.2) is 4.98 Å². The summed E-state index contributed by atoms with van der Waals surface area (Å²) in [6.07, 6.45) is 3.10. The third-order valence-corrected chi connectivity index (χ3v) is 5.78. The van der Waals surface area contributed by atoms with Crippen LogP contribution in [0, 0.1) is 5.92 Å². The first kappa shape index (κ1) is 20.5. The van der Waals surface area contributed by atoms with Crippen LogP contribution in [-0.2, 0) is 22.6 Å². The summed E-state index contributed by atoms with van der Waals surface area (Å²) in [6.45, 7) is 5.85. The van der Waals surface area contributed by atoms with Crippen molar-refractivity contribution < 1.29 is 9.59 Å². The van der Waals surface area contributed by atoms with Crippen molar-refractivity contribution in [2.75, 3.05) is 33.7 Å². The largest absolute Gasteiger partial charge is 0.337 e. The first-order valence-electron chi connectivity index (χ1n) is 10.2. The minimum atomic E-state index is -0.190. The Morgan fingerprint density at radius 1 is 1.32 bits per heavy atom. The second-order valence-corrected chi connectivity index (χ2v) is 8.18. The first-order valence-corrected chi connectivity index (χ1v) is 10.2. The van der Waals surface area contributed by atoms with Crippen LogP contribution >= 0.6 is 0 Å². The zero-order valence-electron chi connectivity index (χ0n) is 17.3. The van der Waals surface area contributed by atoms with Crippen LogP contribution in [0.25, 0.3) is 0 Å². The van der Waals surface area contributed by atoms with Gasteiger partial charge in [-0.3, -0.25) is 14.4 Å². The summed E-state index contributed by atoms with van der Waals surface area (Å²) in [5.74, 6) is 0.707. The molecule has 3 heterocycles. The summed E-state index contributed by atoms with van der Waals surface area (Å²) in [5, 5.41) is 0. The molecule has 2 aliphatic rings. The molecule has 0 aromatic carbocycles. The Morgan fingerprint density at radius 3 is 2.75 bits per heavy atom. The third-order valence-electron chi connectivity index (χ3n) is 5.78. The molecule has 8 nitrogen and oxygen atoms in total. The lowest BCUT2D eigenvalue weighted by molar-refractivity contribution is -0.136. The fourth-order valence-electron chi connectivity index (χ4n) is 3.96. The van der Waals surface area contributed by atoms with Gasteiger partial charge in [-0.1, -0.05) is 13.8 Å². The maximum absolute atomic E-state index is 12.8. The minimum absolute atomic E-state index is 0.0141. The Hall–Kier alpha value is -2.22. The average Bonchev–Trinajstić information content (AvgIpc) is 3.15. The van der Waals surface area contributed by atoms with Crippen LogP contribution in [0.15, 0.2) is 4.79 Å². The Bertz CT molecular complexity index is 804. The first-order chi connectivity index (χ1) is 13.3. The molecule has 8 heteroatoms. The molecule has 0 saturated carbocycles. The molecule has 2 aliphatic heterocycles. The topological polar surface area (TPSA) is 89.6 Å². The number of carbonyl (C=O) groups is 2. The van der Waals surface area contributed by atoms with Crippen molar-refractivity contribution in [2.24, 2.45) is 5.92 Å². The van der Waals surface area contributed by atoms with E-state index in [2.05, 4.69) is 4.98 Å². The van der Waals surface area contributed by atoms with Crippen molar-refractivity contribution >= 4 is 11.8 Å². The van der Waals surface area contributed by atoms with Crippen molar-refractivity contribution in [2.45, 2.75) is 52.1 Å².